The molecule has 0 spiro atoms. The van der Waals surface area contributed by atoms with Crippen molar-refractivity contribution >= 4 is 21.4 Å². The first kappa shape index (κ1) is 14.8. The number of hydrogen-bond acceptors (Lipinski definition) is 5. The largest absolute Gasteiger partial charge is 0.396 e. The van der Waals surface area contributed by atoms with Crippen LogP contribution in [0, 0.1) is 13.8 Å². The highest BCUT2D eigenvalue weighted by molar-refractivity contribution is 7.91. The summed E-state index contributed by atoms with van der Waals surface area (Å²) in [6.45, 7) is 5.37. The van der Waals surface area contributed by atoms with Crippen molar-refractivity contribution in [2.45, 2.75) is 39.3 Å². The molecule has 1 aliphatic rings. The SMILES string of the molecule is Cc1nn(CC(=O)NC2(C)CCS(=O)(=O)C2)c(C)c1N. The molecule has 7 nitrogen and oxygen atoms in total. The summed E-state index contributed by atoms with van der Waals surface area (Å²) in [4.78, 5) is 12.0. The maximum absolute atomic E-state index is 12.0. The van der Waals surface area contributed by atoms with Crippen molar-refractivity contribution in [3.8, 4) is 0 Å². The maximum atomic E-state index is 12.0. The standard InChI is InChI=1S/C12H20N4O3S/c1-8-11(13)9(2)16(15-8)6-10(17)14-12(3)4-5-20(18,19)7-12/h4-7,13H2,1-3H3,(H,14,17). The minimum atomic E-state index is -3.04. The van der Waals surface area contributed by atoms with Crippen LogP contribution in [0.5, 0.6) is 0 Å². The van der Waals surface area contributed by atoms with Crippen molar-refractivity contribution < 1.29 is 13.2 Å². The first-order valence-corrected chi connectivity index (χ1v) is 8.25. The Labute approximate surface area is 118 Å². The normalized spacial score (nSPS) is 24.8. The minimum absolute atomic E-state index is 0.00893. The summed E-state index contributed by atoms with van der Waals surface area (Å²) in [6, 6.07) is 0. The van der Waals surface area contributed by atoms with E-state index < -0.39 is 15.4 Å². The van der Waals surface area contributed by atoms with Gasteiger partial charge in [-0.3, -0.25) is 9.48 Å². The lowest BCUT2D eigenvalue weighted by Gasteiger charge is -2.23. The molecular weight excluding hydrogens is 280 g/mol. The molecule has 1 aliphatic heterocycles. The quantitative estimate of drug-likeness (QED) is 0.802. The van der Waals surface area contributed by atoms with E-state index in [9.17, 15) is 13.2 Å². The Hall–Kier alpha value is -1.57. The molecule has 112 valence electrons. The summed E-state index contributed by atoms with van der Waals surface area (Å²) in [5.74, 6) is -0.142. The third kappa shape index (κ3) is 2.95. The van der Waals surface area contributed by atoms with E-state index in [1.165, 1.54) is 4.68 Å². The average Bonchev–Trinajstić information content (AvgIpc) is 2.70. The van der Waals surface area contributed by atoms with E-state index in [0.717, 1.165) is 5.69 Å². The van der Waals surface area contributed by atoms with Gasteiger partial charge in [-0.2, -0.15) is 5.10 Å². The first-order valence-electron chi connectivity index (χ1n) is 6.43. The van der Waals surface area contributed by atoms with Crippen LogP contribution in [0.2, 0.25) is 0 Å². The van der Waals surface area contributed by atoms with Crippen LogP contribution in [0.25, 0.3) is 0 Å². The second-order valence-corrected chi connectivity index (χ2v) is 7.88. The molecule has 1 saturated heterocycles. The van der Waals surface area contributed by atoms with Gasteiger partial charge >= 0.3 is 0 Å². The Bertz CT molecular complexity index is 650. The van der Waals surface area contributed by atoms with Gasteiger partial charge < -0.3 is 11.1 Å². The number of carbonyl (C=O) groups excluding carboxylic acids is 1. The van der Waals surface area contributed by atoms with E-state index >= 15 is 0 Å². The predicted octanol–water partition coefficient (Wildman–Crippen LogP) is -0.224. The van der Waals surface area contributed by atoms with Crippen LogP contribution in [-0.2, 0) is 21.2 Å². The fourth-order valence-electron chi connectivity index (χ4n) is 2.49. The molecule has 0 saturated carbocycles. The zero-order valence-corrected chi connectivity index (χ0v) is 12.7. The summed E-state index contributed by atoms with van der Waals surface area (Å²) in [6.07, 6.45) is 0.445. The molecule has 0 radical (unpaired) electrons. The summed E-state index contributed by atoms with van der Waals surface area (Å²) in [5, 5.41) is 6.98. The van der Waals surface area contributed by atoms with Crippen LogP contribution in [0.15, 0.2) is 0 Å². The van der Waals surface area contributed by atoms with E-state index in [1.807, 2.05) is 0 Å². The number of hydrogen-bond donors (Lipinski definition) is 2. The van der Waals surface area contributed by atoms with Crippen molar-refractivity contribution in [1.29, 1.82) is 0 Å². The Kier molecular flexibility index (Phi) is 3.53. The van der Waals surface area contributed by atoms with E-state index in [4.69, 9.17) is 5.73 Å². The Morgan fingerprint density at radius 2 is 2.15 bits per heavy atom. The van der Waals surface area contributed by atoms with E-state index in [0.29, 0.717) is 17.8 Å². The van der Waals surface area contributed by atoms with Crippen molar-refractivity contribution in [3.63, 3.8) is 0 Å². The number of nitrogens with zero attached hydrogens (tertiary/aromatic N) is 2. The van der Waals surface area contributed by atoms with Crippen LogP contribution in [0.3, 0.4) is 0 Å². The molecule has 1 aromatic rings. The van der Waals surface area contributed by atoms with E-state index in [-0.39, 0.29) is 24.0 Å². The summed E-state index contributed by atoms with van der Waals surface area (Å²) < 4.78 is 24.5. The first-order chi connectivity index (χ1) is 9.12. The number of nitrogens with one attached hydrogen (secondary N) is 1. The summed E-state index contributed by atoms with van der Waals surface area (Å²) in [5.41, 5.74) is 7.13. The lowest BCUT2D eigenvalue weighted by atomic mass is 10.0. The van der Waals surface area contributed by atoms with Gasteiger partial charge in [-0.25, -0.2) is 8.42 Å². The highest BCUT2D eigenvalue weighted by Crippen LogP contribution is 2.23. The molecule has 0 aromatic carbocycles. The fourth-order valence-corrected chi connectivity index (χ4v) is 4.58. The topological polar surface area (TPSA) is 107 Å². The van der Waals surface area contributed by atoms with Crippen molar-refractivity contribution in [2.75, 3.05) is 17.2 Å². The number of anilines is 1. The smallest absolute Gasteiger partial charge is 0.242 e. The van der Waals surface area contributed by atoms with Crippen LogP contribution >= 0.6 is 0 Å². The predicted molar refractivity (Wildman–Crippen MR) is 75.9 cm³/mol. The van der Waals surface area contributed by atoms with Crippen LogP contribution in [0.1, 0.15) is 24.7 Å². The van der Waals surface area contributed by atoms with Gasteiger partial charge in [-0.1, -0.05) is 0 Å². The molecule has 0 bridgehead atoms. The zero-order valence-electron chi connectivity index (χ0n) is 11.9. The summed E-state index contributed by atoms with van der Waals surface area (Å²) in [7, 11) is -3.04. The molecule has 1 fully saturated rings. The Morgan fingerprint density at radius 3 is 2.60 bits per heavy atom. The van der Waals surface area contributed by atoms with Crippen LogP contribution in [-0.4, -0.2) is 41.2 Å². The number of nitrogen functional groups attached to an aromatic ring is 1. The highest BCUT2D eigenvalue weighted by atomic mass is 32.2. The zero-order chi connectivity index (χ0) is 15.1. The van der Waals surface area contributed by atoms with Crippen molar-refractivity contribution in [1.82, 2.24) is 15.1 Å². The van der Waals surface area contributed by atoms with Gasteiger partial charge in [0.15, 0.2) is 9.84 Å². The third-order valence-electron chi connectivity index (χ3n) is 3.68. The van der Waals surface area contributed by atoms with E-state index in [1.54, 1.807) is 20.8 Å². The lowest BCUT2D eigenvalue weighted by molar-refractivity contribution is -0.123. The van der Waals surface area contributed by atoms with Gasteiger partial charge in [0, 0.05) is 0 Å². The molecule has 1 atom stereocenters. The number of amides is 1. The molecule has 1 unspecified atom stereocenters. The lowest BCUT2D eigenvalue weighted by Crippen LogP contribution is -2.48. The minimum Gasteiger partial charge on any atom is -0.396 e. The van der Waals surface area contributed by atoms with Gasteiger partial charge in [-0.15, -0.1) is 0 Å². The molecular formula is C12H20N4O3S. The fraction of sp³-hybridized carbons (Fsp3) is 0.667. The number of nitrogens with two attached hydrogens (primary N) is 1. The van der Waals surface area contributed by atoms with Gasteiger partial charge in [0.2, 0.25) is 5.91 Å². The number of aromatic nitrogens is 2. The van der Waals surface area contributed by atoms with Crippen molar-refractivity contribution in [3.05, 3.63) is 11.4 Å². The molecule has 1 aromatic heterocycles. The number of sulfone groups is 1. The molecule has 20 heavy (non-hydrogen) atoms. The van der Waals surface area contributed by atoms with Crippen molar-refractivity contribution in [2.24, 2.45) is 0 Å². The van der Waals surface area contributed by atoms with Crippen LogP contribution in [0.4, 0.5) is 5.69 Å². The molecule has 2 rings (SSSR count). The average molecular weight is 300 g/mol. The Morgan fingerprint density at radius 1 is 1.50 bits per heavy atom. The Balaban J connectivity index is 2.05. The number of aryl methyl sites for hydroxylation is 1. The molecule has 0 aliphatic carbocycles. The molecule has 8 heteroatoms. The number of carbonyl (C=O) groups is 1. The monoisotopic (exact) mass is 300 g/mol. The second kappa shape index (κ2) is 4.76. The van der Waals surface area contributed by atoms with Gasteiger partial charge in [0.1, 0.15) is 6.54 Å². The molecule has 1 amide bonds. The van der Waals surface area contributed by atoms with E-state index in [2.05, 4.69) is 10.4 Å². The van der Waals surface area contributed by atoms with Crippen LogP contribution < -0.4 is 11.1 Å². The molecule has 2 heterocycles. The van der Waals surface area contributed by atoms with Gasteiger partial charge in [0.25, 0.3) is 0 Å². The third-order valence-corrected chi connectivity index (χ3v) is 5.58. The number of rotatable bonds is 3. The second-order valence-electron chi connectivity index (χ2n) is 5.69. The maximum Gasteiger partial charge on any atom is 0.242 e. The summed E-state index contributed by atoms with van der Waals surface area (Å²) >= 11 is 0. The highest BCUT2D eigenvalue weighted by Gasteiger charge is 2.39. The molecule has 3 N–H and O–H groups in total. The van der Waals surface area contributed by atoms with Gasteiger partial charge in [-0.05, 0) is 27.2 Å². The van der Waals surface area contributed by atoms with Gasteiger partial charge in [0.05, 0.1) is 34.1 Å².